The van der Waals surface area contributed by atoms with Gasteiger partial charge in [0.25, 0.3) is 11.8 Å². The molecule has 118 valence electrons. The molecule has 4 rings (SSSR count). The third kappa shape index (κ3) is 2.12. The van der Waals surface area contributed by atoms with Crippen LogP contribution >= 0.6 is 27.5 Å². The van der Waals surface area contributed by atoms with Crippen LogP contribution in [0.4, 0.5) is 5.69 Å². The van der Waals surface area contributed by atoms with E-state index in [1.807, 2.05) is 12.1 Å². The van der Waals surface area contributed by atoms with Crippen molar-refractivity contribution in [2.45, 2.75) is 0 Å². The van der Waals surface area contributed by atoms with Crippen molar-refractivity contribution in [3.8, 4) is 5.75 Å². The van der Waals surface area contributed by atoms with Crippen LogP contribution < -0.4 is 4.90 Å². The van der Waals surface area contributed by atoms with Crippen molar-refractivity contribution in [1.82, 2.24) is 0 Å². The Hall–Kier alpha value is -2.37. The van der Waals surface area contributed by atoms with Gasteiger partial charge in [0.1, 0.15) is 5.75 Å². The summed E-state index contributed by atoms with van der Waals surface area (Å²) in [6.45, 7) is 0. The number of aromatic hydroxyl groups is 1. The first kappa shape index (κ1) is 15.2. The van der Waals surface area contributed by atoms with Crippen molar-refractivity contribution >= 4 is 55.8 Å². The van der Waals surface area contributed by atoms with E-state index in [0.29, 0.717) is 21.5 Å². The van der Waals surface area contributed by atoms with E-state index in [0.717, 1.165) is 14.8 Å². The monoisotopic (exact) mass is 401 g/mol. The van der Waals surface area contributed by atoms with Crippen molar-refractivity contribution in [2.75, 3.05) is 4.90 Å². The minimum Gasteiger partial charge on any atom is -0.506 e. The molecule has 0 aliphatic carbocycles. The van der Waals surface area contributed by atoms with Crippen LogP contribution in [0.15, 0.2) is 53.0 Å². The molecule has 0 atom stereocenters. The Balaban J connectivity index is 2.03. The molecule has 1 aliphatic heterocycles. The second-order valence-electron chi connectivity index (χ2n) is 5.44. The molecule has 24 heavy (non-hydrogen) atoms. The predicted octanol–water partition coefficient (Wildman–Crippen LogP) is 4.76. The average molecular weight is 403 g/mol. The summed E-state index contributed by atoms with van der Waals surface area (Å²) in [4.78, 5) is 26.8. The van der Waals surface area contributed by atoms with Crippen molar-refractivity contribution in [3.63, 3.8) is 0 Å². The number of carbonyl (C=O) groups excluding carboxylic acids is 2. The van der Waals surface area contributed by atoms with E-state index < -0.39 is 11.8 Å². The Morgan fingerprint density at radius 2 is 1.71 bits per heavy atom. The lowest BCUT2D eigenvalue weighted by Gasteiger charge is -2.28. The van der Waals surface area contributed by atoms with Crippen molar-refractivity contribution in [2.24, 2.45) is 0 Å². The topological polar surface area (TPSA) is 57.6 Å². The summed E-state index contributed by atoms with van der Waals surface area (Å²) in [5.74, 6) is -1.17. The van der Waals surface area contributed by atoms with Gasteiger partial charge in [0.2, 0.25) is 0 Å². The highest BCUT2D eigenvalue weighted by atomic mass is 79.9. The Kier molecular flexibility index (Phi) is 3.37. The van der Waals surface area contributed by atoms with Crippen LogP contribution in [0.25, 0.3) is 10.8 Å². The molecule has 0 spiro atoms. The quantitative estimate of drug-likeness (QED) is 0.597. The molecule has 0 bridgehead atoms. The van der Waals surface area contributed by atoms with Gasteiger partial charge in [-0.15, -0.1) is 0 Å². The zero-order valence-corrected chi connectivity index (χ0v) is 14.4. The highest BCUT2D eigenvalue weighted by molar-refractivity contribution is 9.10. The van der Waals surface area contributed by atoms with Crippen LogP contribution in [0.3, 0.4) is 0 Å². The second-order valence-corrected chi connectivity index (χ2v) is 6.79. The Morgan fingerprint density at radius 3 is 2.50 bits per heavy atom. The molecule has 3 aromatic rings. The van der Waals surface area contributed by atoms with Gasteiger partial charge in [-0.1, -0.05) is 39.7 Å². The number of benzene rings is 3. The summed E-state index contributed by atoms with van der Waals surface area (Å²) >= 11 is 9.36. The molecule has 0 aromatic heterocycles. The van der Waals surface area contributed by atoms with Gasteiger partial charge in [0, 0.05) is 20.4 Å². The van der Waals surface area contributed by atoms with E-state index in [4.69, 9.17) is 11.6 Å². The van der Waals surface area contributed by atoms with Gasteiger partial charge in [-0.05, 0) is 41.8 Å². The molecule has 6 heteroatoms. The number of nitrogens with zero attached hydrogens (tertiary/aromatic N) is 1. The molecule has 3 aromatic carbocycles. The maximum Gasteiger partial charge on any atom is 0.266 e. The Labute approximate surface area is 150 Å². The number of amides is 2. The molecular formula is C18H9BrClNO3. The third-order valence-electron chi connectivity index (χ3n) is 3.99. The Morgan fingerprint density at radius 1 is 0.958 bits per heavy atom. The minimum absolute atomic E-state index is 0.0696. The van der Waals surface area contributed by atoms with E-state index in [1.54, 1.807) is 18.2 Å². The van der Waals surface area contributed by atoms with E-state index in [-0.39, 0.29) is 11.4 Å². The second kappa shape index (κ2) is 5.33. The van der Waals surface area contributed by atoms with Gasteiger partial charge >= 0.3 is 0 Å². The van der Waals surface area contributed by atoms with Crippen LogP contribution in [0.2, 0.25) is 5.02 Å². The summed E-state index contributed by atoms with van der Waals surface area (Å²) in [5.41, 5.74) is 0.878. The molecule has 4 nitrogen and oxygen atoms in total. The fourth-order valence-electron chi connectivity index (χ4n) is 2.97. The zero-order chi connectivity index (χ0) is 17.0. The summed E-state index contributed by atoms with van der Waals surface area (Å²) in [5, 5.41) is 11.8. The molecule has 0 saturated heterocycles. The maximum absolute atomic E-state index is 13.0. The van der Waals surface area contributed by atoms with Gasteiger partial charge < -0.3 is 5.11 Å². The smallest absolute Gasteiger partial charge is 0.266 e. The van der Waals surface area contributed by atoms with E-state index in [2.05, 4.69) is 15.9 Å². The Bertz CT molecular complexity index is 1050. The largest absolute Gasteiger partial charge is 0.506 e. The zero-order valence-electron chi connectivity index (χ0n) is 12.1. The molecule has 1 heterocycles. The van der Waals surface area contributed by atoms with Gasteiger partial charge in [0.05, 0.1) is 11.3 Å². The number of phenols is 1. The van der Waals surface area contributed by atoms with E-state index in [1.165, 1.54) is 18.2 Å². The highest BCUT2D eigenvalue weighted by Gasteiger charge is 2.35. The maximum atomic E-state index is 13.0. The molecular weight excluding hydrogens is 394 g/mol. The molecule has 0 radical (unpaired) electrons. The van der Waals surface area contributed by atoms with Gasteiger partial charge in [0.15, 0.2) is 0 Å². The number of rotatable bonds is 1. The van der Waals surface area contributed by atoms with Crippen LogP contribution in [-0.4, -0.2) is 16.9 Å². The molecule has 2 amide bonds. The summed E-state index contributed by atoms with van der Waals surface area (Å²) in [6, 6.07) is 13.1. The summed E-state index contributed by atoms with van der Waals surface area (Å²) in [6.07, 6.45) is 0. The number of imide groups is 1. The standard InChI is InChI=1S/C18H9BrClNO3/c19-10-6-9-2-1-3-12-16(9)13(7-10)18(24)21(17(12)23)14-8-11(20)4-5-15(14)22/h1-8,22H. The van der Waals surface area contributed by atoms with Crippen molar-refractivity contribution in [3.05, 3.63) is 69.2 Å². The molecule has 0 fully saturated rings. The van der Waals surface area contributed by atoms with Crippen LogP contribution in [-0.2, 0) is 0 Å². The van der Waals surface area contributed by atoms with E-state index in [9.17, 15) is 14.7 Å². The number of phenolic OH excluding ortho intramolecular Hbond substituents is 1. The van der Waals surface area contributed by atoms with Crippen molar-refractivity contribution < 1.29 is 14.7 Å². The predicted molar refractivity (Wildman–Crippen MR) is 95.9 cm³/mol. The first-order chi connectivity index (χ1) is 11.5. The first-order valence-corrected chi connectivity index (χ1v) is 8.24. The SMILES string of the molecule is O=C1c2cccc3cc(Br)cc(c23)C(=O)N1c1cc(Cl)ccc1O. The fraction of sp³-hybridized carbons (Fsp3) is 0. The minimum atomic E-state index is -0.498. The van der Waals surface area contributed by atoms with Crippen LogP contribution in [0, 0.1) is 0 Å². The lowest BCUT2D eigenvalue weighted by atomic mass is 9.93. The number of carbonyl (C=O) groups is 2. The normalized spacial score (nSPS) is 13.7. The average Bonchev–Trinajstić information content (AvgIpc) is 2.55. The third-order valence-corrected chi connectivity index (χ3v) is 4.68. The van der Waals surface area contributed by atoms with Gasteiger partial charge in [-0.2, -0.15) is 0 Å². The van der Waals surface area contributed by atoms with Crippen molar-refractivity contribution in [1.29, 1.82) is 0 Å². The lowest BCUT2D eigenvalue weighted by molar-refractivity contribution is 0.0892. The molecule has 1 N–H and O–H groups in total. The number of anilines is 1. The highest BCUT2D eigenvalue weighted by Crippen LogP contribution is 2.38. The summed E-state index contributed by atoms with van der Waals surface area (Å²) in [7, 11) is 0. The fourth-order valence-corrected chi connectivity index (χ4v) is 3.61. The molecule has 0 unspecified atom stereocenters. The number of hydrogen-bond donors (Lipinski definition) is 1. The molecule has 1 aliphatic rings. The lowest BCUT2D eigenvalue weighted by Crippen LogP contribution is -2.40. The van der Waals surface area contributed by atoms with Gasteiger partial charge in [-0.3, -0.25) is 9.59 Å². The summed E-state index contributed by atoms with van der Waals surface area (Å²) < 4.78 is 0.736. The van der Waals surface area contributed by atoms with Gasteiger partial charge in [-0.25, -0.2) is 4.90 Å². The number of halogens is 2. The number of hydrogen-bond acceptors (Lipinski definition) is 3. The van der Waals surface area contributed by atoms with Crippen LogP contribution in [0.5, 0.6) is 5.75 Å². The van der Waals surface area contributed by atoms with E-state index >= 15 is 0 Å². The molecule has 0 saturated carbocycles. The van der Waals surface area contributed by atoms with Crippen LogP contribution in [0.1, 0.15) is 20.7 Å². The first-order valence-electron chi connectivity index (χ1n) is 7.07.